The molecule has 0 saturated heterocycles. The standard InChI is InChI=1S/C16H12ClFO2/c1-9-4-2-5-10-8-13(20-16(9)10)15(19)11-6-3-7-12(17)14(11)18/h2-8,15,19H,1H3. The number of rotatable bonds is 2. The number of aliphatic hydroxyl groups excluding tert-OH is 1. The Hall–Kier alpha value is -1.84. The maximum atomic E-state index is 13.9. The van der Waals surface area contributed by atoms with Gasteiger partial charge < -0.3 is 9.52 Å². The fourth-order valence-corrected chi connectivity index (χ4v) is 2.43. The summed E-state index contributed by atoms with van der Waals surface area (Å²) in [7, 11) is 0. The van der Waals surface area contributed by atoms with Crippen molar-refractivity contribution < 1.29 is 13.9 Å². The molecule has 0 aliphatic heterocycles. The molecule has 102 valence electrons. The van der Waals surface area contributed by atoms with Gasteiger partial charge in [0.05, 0.1) is 5.02 Å². The highest BCUT2D eigenvalue weighted by Crippen LogP contribution is 2.32. The van der Waals surface area contributed by atoms with Gasteiger partial charge in [-0.25, -0.2) is 4.39 Å². The number of furan rings is 1. The van der Waals surface area contributed by atoms with Crippen LogP contribution in [0.15, 0.2) is 46.9 Å². The van der Waals surface area contributed by atoms with Gasteiger partial charge in [0.1, 0.15) is 23.3 Å². The molecule has 1 aromatic heterocycles. The molecule has 0 bridgehead atoms. The van der Waals surface area contributed by atoms with E-state index in [1.54, 1.807) is 12.1 Å². The monoisotopic (exact) mass is 290 g/mol. The maximum Gasteiger partial charge on any atom is 0.148 e. The lowest BCUT2D eigenvalue weighted by Gasteiger charge is -2.09. The van der Waals surface area contributed by atoms with Gasteiger partial charge in [0.15, 0.2) is 0 Å². The first-order valence-electron chi connectivity index (χ1n) is 6.19. The van der Waals surface area contributed by atoms with E-state index >= 15 is 0 Å². The molecule has 0 spiro atoms. The Balaban J connectivity index is 2.10. The number of hydrogen-bond acceptors (Lipinski definition) is 2. The lowest BCUT2D eigenvalue weighted by atomic mass is 10.1. The SMILES string of the molecule is Cc1cccc2cc(C(O)c3cccc(Cl)c3F)oc12. The molecule has 0 saturated carbocycles. The van der Waals surface area contributed by atoms with Crippen molar-refractivity contribution in [2.45, 2.75) is 13.0 Å². The molecule has 1 heterocycles. The summed E-state index contributed by atoms with van der Waals surface area (Å²) in [5.74, 6) is -0.325. The zero-order valence-electron chi connectivity index (χ0n) is 10.7. The van der Waals surface area contributed by atoms with E-state index in [0.717, 1.165) is 10.9 Å². The quantitative estimate of drug-likeness (QED) is 0.747. The predicted molar refractivity (Wildman–Crippen MR) is 76.4 cm³/mol. The number of para-hydroxylation sites is 1. The lowest BCUT2D eigenvalue weighted by Crippen LogP contribution is -2.01. The Morgan fingerprint density at radius 1 is 1.20 bits per heavy atom. The van der Waals surface area contributed by atoms with E-state index in [1.807, 2.05) is 25.1 Å². The van der Waals surface area contributed by atoms with E-state index in [-0.39, 0.29) is 10.6 Å². The molecule has 2 nitrogen and oxygen atoms in total. The zero-order chi connectivity index (χ0) is 14.3. The number of benzene rings is 2. The van der Waals surface area contributed by atoms with Gasteiger partial charge in [0.2, 0.25) is 0 Å². The summed E-state index contributed by atoms with van der Waals surface area (Å²) in [6, 6.07) is 12.0. The van der Waals surface area contributed by atoms with Crippen LogP contribution < -0.4 is 0 Å². The van der Waals surface area contributed by atoms with Crippen molar-refractivity contribution in [1.82, 2.24) is 0 Å². The number of aryl methyl sites for hydroxylation is 1. The summed E-state index contributed by atoms with van der Waals surface area (Å²) < 4.78 is 19.6. The van der Waals surface area contributed by atoms with Gasteiger partial charge in [-0.05, 0) is 24.6 Å². The Morgan fingerprint density at radius 3 is 2.70 bits per heavy atom. The third-order valence-corrected chi connectivity index (χ3v) is 3.60. The van der Waals surface area contributed by atoms with Crippen LogP contribution >= 0.6 is 11.6 Å². The first-order valence-corrected chi connectivity index (χ1v) is 6.57. The van der Waals surface area contributed by atoms with Crippen LogP contribution in [-0.2, 0) is 0 Å². The van der Waals surface area contributed by atoms with Crippen LogP contribution in [0, 0.1) is 12.7 Å². The van der Waals surface area contributed by atoms with Crippen LogP contribution in [0.1, 0.15) is 23.0 Å². The van der Waals surface area contributed by atoms with E-state index in [4.69, 9.17) is 16.0 Å². The molecule has 0 aliphatic carbocycles. The zero-order valence-corrected chi connectivity index (χ0v) is 11.5. The fraction of sp³-hybridized carbons (Fsp3) is 0.125. The number of fused-ring (bicyclic) bond motifs is 1. The molecular formula is C16H12ClFO2. The van der Waals surface area contributed by atoms with E-state index in [2.05, 4.69) is 0 Å². The first kappa shape index (κ1) is 13.2. The normalized spacial score (nSPS) is 12.8. The second-order valence-corrected chi connectivity index (χ2v) is 5.09. The Labute approximate surface area is 120 Å². The number of hydrogen-bond donors (Lipinski definition) is 1. The van der Waals surface area contributed by atoms with Gasteiger partial charge >= 0.3 is 0 Å². The van der Waals surface area contributed by atoms with Gasteiger partial charge in [0.25, 0.3) is 0 Å². The molecule has 0 aliphatic rings. The summed E-state index contributed by atoms with van der Waals surface area (Å²) >= 11 is 5.73. The van der Waals surface area contributed by atoms with Gasteiger partial charge in [-0.15, -0.1) is 0 Å². The first-order chi connectivity index (χ1) is 9.58. The van der Waals surface area contributed by atoms with E-state index in [9.17, 15) is 9.50 Å². The van der Waals surface area contributed by atoms with Gasteiger partial charge in [-0.3, -0.25) is 0 Å². The fourth-order valence-electron chi connectivity index (χ4n) is 2.25. The van der Waals surface area contributed by atoms with Gasteiger partial charge in [0, 0.05) is 10.9 Å². The average Bonchev–Trinajstić information content (AvgIpc) is 2.87. The van der Waals surface area contributed by atoms with Crippen LogP contribution in [0.25, 0.3) is 11.0 Å². The molecule has 4 heteroatoms. The minimum atomic E-state index is -1.18. The Kier molecular flexibility index (Phi) is 3.24. The van der Waals surface area contributed by atoms with Crippen LogP contribution in [0.3, 0.4) is 0 Å². The van der Waals surface area contributed by atoms with Crippen molar-refractivity contribution in [2.24, 2.45) is 0 Å². The Bertz CT molecular complexity index is 779. The molecule has 20 heavy (non-hydrogen) atoms. The van der Waals surface area contributed by atoms with E-state index < -0.39 is 11.9 Å². The highest BCUT2D eigenvalue weighted by molar-refractivity contribution is 6.30. The lowest BCUT2D eigenvalue weighted by molar-refractivity contribution is 0.187. The molecule has 3 aromatic rings. The minimum Gasteiger partial charge on any atom is -0.458 e. The van der Waals surface area contributed by atoms with Crippen molar-refractivity contribution in [3.63, 3.8) is 0 Å². The van der Waals surface area contributed by atoms with Crippen molar-refractivity contribution >= 4 is 22.6 Å². The highest BCUT2D eigenvalue weighted by atomic mass is 35.5. The van der Waals surface area contributed by atoms with E-state index in [0.29, 0.717) is 11.3 Å². The summed E-state index contributed by atoms with van der Waals surface area (Å²) in [4.78, 5) is 0. The summed E-state index contributed by atoms with van der Waals surface area (Å²) in [5.41, 5.74) is 1.77. The topological polar surface area (TPSA) is 33.4 Å². The molecule has 1 atom stereocenters. The number of halogens is 2. The summed E-state index contributed by atoms with van der Waals surface area (Å²) in [6.07, 6.45) is -1.18. The third-order valence-electron chi connectivity index (χ3n) is 3.31. The smallest absolute Gasteiger partial charge is 0.148 e. The van der Waals surface area contributed by atoms with Crippen LogP contribution in [0.2, 0.25) is 5.02 Å². The summed E-state index contributed by atoms with van der Waals surface area (Å²) in [5, 5.41) is 11.2. The molecule has 0 fully saturated rings. The van der Waals surface area contributed by atoms with Crippen LogP contribution in [-0.4, -0.2) is 5.11 Å². The molecular weight excluding hydrogens is 279 g/mol. The summed E-state index contributed by atoms with van der Waals surface area (Å²) in [6.45, 7) is 1.92. The highest BCUT2D eigenvalue weighted by Gasteiger charge is 2.20. The van der Waals surface area contributed by atoms with Crippen molar-refractivity contribution in [1.29, 1.82) is 0 Å². The van der Waals surface area contributed by atoms with Crippen LogP contribution in [0.5, 0.6) is 0 Å². The second-order valence-electron chi connectivity index (χ2n) is 4.69. The molecule has 2 aromatic carbocycles. The molecule has 1 unspecified atom stereocenters. The van der Waals surface area contributed by atoms with Crippen LogP contribution in [0.4, 0.5) is 4.39 Å². The number of aliphatic hydroxyl groups is 1. The largest absolute Gasteiger partial charge is 0.458 e. The second kappa shape index (κ2) is 4.93. The Morgan fingerprint density at radius 2 is 1.95 bits per heavy atom. The molecule has 3 rings (SSSR count). The molecule has 1 N–H and O–H groups in total. The maximum absolute atomic E-state index is 13.9. The van der Waals surface area contributed by atoms with E-state index in [1.165, 1.54) is 12.1 Å². The van der Waals surface area contributed by atoms with Gasteiger partial charge in [-0.2, -0.15) is 0 Å². The van der Waals surface area contributed by atoms with Crippen molar-refractivity contribution in [2.75, 3.05) is 0 Å². The van der Waals surface area contributed by atoms with Crippen molar-refractivity contribution in [3.8, 4) is 0 Å². The van der Waals surface area contributed by atoms with Crippen molar-refractivity contribution in [3.05, 3.63) is 70.2 Å². The molecule has 0 amide bonds. The third kappa shape index (κ3) is 2.09. The van der Waals surface area contributed by atoms with Gasteiger partial charge in [-0.1, -0.05) is 41.9 Å². The molecule has 0 radical (unpaired) electrons. The average molecular weight is 291 g/mol. The minimum absolute atomic E-state index is 0.0196. The predicted octanol–water partition coefficient (Wildman–Crippen LogP) is 4.62.